The number of aryl methyl sites for hydroxylation is 2. The van der Waals surface area contributed by atoms with Gasteiger partial charge in [0.25, 0.3) is 5.91 Å². The Bertz CT molecular complexity index is 616. The van der Waals surface area contributed by atoms with E-state index in [1.54, 1.807) is 0 Å². The number of fused-ring (bicyclic) bond motifs is 1. The Morgan fingerprint density at radius 1 is 1.26 bits per heavy atom. The first-order chi connectivity index (χ1) is 11.0. The molecule has 1 aromatic rings. The van der Waals surface area contributed by atoms with Crippen LogP contribution in [0, 0.1) is 0 Å². The molecule has 1 N–H and O–H groups in total. The number of hydrogen-bond acceptors (Lipinski definition) is 6. The van der Waals surface area contributed by atoms with Gasteiger partial charge in [-0.3, -0.25) is 14.9 Å². The van der Waals surface area contributed by atoms with Gasteiger partial charge >= 0.3 is 12.1 Å². The van der Waals surface area contributed by atoms with Crippen LogP contribution in [-0.2, 0) is 31.9 Å². The van der Waals surface area contributed by atoms with Crippen molar-refractivity contribution in [3.8, 4) is 0 Å². The van der Waals surface area contributed by atoms with Gasteiger partial charge in [-0.1, -0.05) is 6.07 Å². The molecule has 6 nitrogen and oxygen atoms in total. The minimum absolute atomic E-state index is 0.106. The summed E-state index contributed by atoms with van der Waals surface area (Å²) in [5.74, 6) is -1.12. The molecule has 1 atom stereocenters. The highest BCUT2D eigenvalue weighted by molar-refractivity contribution is 8.00. The first-order valence-corrected chi connectivity index (χ1v) is 8.31. The van der Waals surface area contributed by atoms with Gasteiger partial charge in [0.2, 0.25) is 0 Å². The maximum atomic E-state index is 11.8. The lowest BCUT2D eigenvalue weighted by atomic mass is 10.1. The summed E-state index contributed by atoms with van der Waals surface area (Å²) in [5.41, 5.74) is 2.72. The number of benzene rings is 1. The second-order valence-corrected chi connectivity index (χ2v) is 6.23. The zero-order valence-electron chi connectivity index (χ0n) is 13.1. The van der Waals surface area contributed by atoms with E-state index in [1.165, 1.54) is 36.2 Å². The molecule has 2 rings (SSSR count). The van der Waals surface area contributed by atoms with Crippen LogP contribution in [0.1, 0.15) is 24.5 Å². The van der Waals surface area contributed by atoms with Crippen molar-refractivity contribution in [3.63, 3.8) is 0 Å². The predicted molar refractivity (Wildman–Crippen MR) is 85.3 cm³/mol. The second kappa shape index (κ2) is 8.01. The second-order valence-electron chi connectivity index (χ2n) is 5.19. The molecule has 0 saturated carbocycles. The Hall–Kier alpha value is -2.02. The Morgan fingerprint density at radius 2 is 2.00 bits per heavy atom. The van der Waals surface area contributed by atoms with Gasteiger partial charge in [0.05, 0.1) is 12.9 Å². The molecule has 0 bridgehead atoms. The lowest BCUT2D eigenvalue weighted by molar-refractivity contribution is -0.152. The highest BCUT2D eigenvalue weighted by atomic mass is 32.2. The summed E-state index contributed by atoms with van der Waals surface area (Å²) in [7, 11) is 1.15. The molecule has 0 saturated heterocycles. The lowest BCUT2D eigenvalue weighted by Gasteiger charge is -2.12. The SMILES string of the molecule is COC(=O)NC(=O)[C@@H](C)OC(=O)CSc1ccc2c(c1)CCC2. The van der Waals surface area contributed by atoms with Gasteiger partial charge in [-0.25, -0.2) is 4.79 Å². The molecule has 0 aliphatic heterocycles. The third-order valence-electron chi connectivity index (χ3n) is 3.51. The summed E-state index contributed by atoms with van der Waals surface area (Å²) in [6.07, 6.45) is 1.44. The van der Waals surface area contributed by atoms with E-state index in [2.05, 4.69) is 16.9 Å². The smallest absolute Gasteiger partial charge is 0.413 e. The van der Waals surface area contributed by atoms with E-state index >= 15 is 0 Å². The topological polar surface area (TPSA) is 81.7 Å². The number of thioether (sulfide) groups is 1. The largest absolute Gasteiger partial charge is 0.453 e. The zero-order valence-corrected chi connectivity index (χ0v) is 13.9. The minimum atomic E-state index is -1.05. The molecule has 0 spiro atoms. The van der Waals surface area contributed by atoms with E-state index in [-0.39, 0.29) is 5.75 Å². The van der Waals surface area contributed by atoms with E-state index in [0.29, 0.717) is 0 Å². The maximum Gasteiger partial charge on any atom is 0.413 e. The highest BCUT2D eigenvalue weighted by Gasteiger charge is 2.20. The first kappa shape index (κ1) is 17.3. The number of ether oxygens (including phenoxy) is 2. The number of carbonyl (C=O) groups is 3. The highest BCUT2D eigenvalue weighted by Crippen LogP contribution is 2.27. The first-order valence-electron chi connectivity index (χ1n) is 7.32. The van der Waals surface area contributed by atoms with E-state index in [9.17, 15) is 14.4 Å². The number of esters is 1. The summed E-state index contributed by atoms with van der Waals surface area (Å²) < 4.78 is 9.29. The van der Waals surface area contributed by atoms with Crippen molar-refractivity contribution >= 4 is 29.7 Å². The molecule has 0 unspecified atom stereocenters. The van der Waals surface area contributed by atoms with Crippen LogP contribution in [0.25, 0.3) is 0 Å². The Kier molecular flexibility index (Phi) is 6.04. The molecule has 0 radical (unpaired) electrons. The number of nitrogens with one attached hydrogen (secondary N) is 1. The number of alkyl carbamates (subject to hydrolysis) is 1. The van der Waals surface area contributed by atoms with Crippen LogP contribution in [0.5, 0.6) is 0 Å². The van der Waals surface area contributed by atoms with Crippen molar-refractivity contribution in [1.29, 1.82) is 0 Å². The molecule has 1 aliphatic rings. The average Bonchev–Trinajstić information content (AvgIpc) is 3.00. The number of amides is 2. The Balaban J connectivity index is 1.78. The molecule has 1 aliphatic carbocycles. The van der Waals surface area contributed by atoms with Crippen LogP contribution in [-0.4, -0.2) is 36.9 Å². The number of rotatable bonds is 5. The predicted octanol–water partition coefficient (Wildman–Crippen LogP) is 2.08. The summed E-state index contributed by atoms with van der Waals surface area (Å²) in [4.78, 5) is 35.3. The van der Waals surface area contributed by atoms with Gasteiger partial charge in [-0.2, -0.15) is 0 Å². The van der Waals surface area contributed by atoms with Crippen molar-refractivity contribution in [2.24, 2.45) is 0 Å². The normalized spacial score (nSPS) is 13.8. The van der Waals surface area contributed by atoms with Crippen LogP contribution in [0.2, 0.25) is 0 Å². The van der Waals surface area contributed by atoms with Crippen LogP contribution in [0.3, 0.4) is 0 Å². The molecular formula is C16H19NO5S. The van der Waals surface area contributed by atoms with Crippen LogP contribution in [0.4, 0.5) is 4.79 Å². The summed E-state index contributed by atoms with van der Waals surface area (Å²) in [6, 6.07) is 6.20. The molecule has 0 heterocycles. The van der Waals surface area contributed by atoms with Crippen molar-refractivity contribution in [1.82, 2.24) is 5.32 Å². The van der Waals surface area contributed by atoms with Crippen molar-refractivity contribution < 1.29 is 23.9 Å². The Morgan fingerprint density at radius 3 is 2.74 bits per heavy atom. The average molecular weight is 337 g/mol. The molecule has 0 aromatic heterocycles. The van der Waals surface area contributed by atoms with E-state index < -0.39 is 24.1 Å². The van der Waals surface area contributed by atoms with Gasteiger partial charge in [0.1, 0.15) is 0 Å². The van der Waals surface area contributed by atoms with Gasteiger partial charge in [-0.05, 0) is 49.4 Å². The molecular weight excluding hydrogens is 318 g/mol. The van der Waals surface area contributed by atoms with Crippen LogP contribution >= 0.6 is 11.8 Å². The van der Waals surface area contributed by atoms with Crippen molar-refractivity contribution in [3.05, 3.63) is 29.3 Å². The molecule has 7 heteroatoms. The summed E-state index contributed by atoms with van der Waals surface area (Å²) in [5, 5.41) is 1.95. The monoisotopic (exact) mass is 337 g/mol. The molecule has 2 amide bonds. The fourth-order valence-electron chi connectivity index (χ4n) is 2.32. The molecule has 124 valence electrons. The standard InChI is InChI=1S/C16H19NO5S/c1-10(15(19)17-16(20)21-2)22-14(18)9-23-13-7-6-11-4-3-5-12(11)8-13/h6-8,10H,3-5,9H2,1-2H3,(H,17,19,20)/t10-/m1/s1. The quantitative estimate of drug-likeness (QED) is 0.654. The lowest BCUT2D eigenvalue weighted by Crippen LogP contribution is -2.39. The molecule has 23 heavy (non-hydrogen) atoms. The van der Waals surface area contributed by atoms with Crippen LogP contribution < -0.4 is 5.32 Å². The summed E-state index contributed by atoms with van der Waals surface area (Å²) in [6.45, 7) is 1.40. The zero-order chi connectivity index (χ0) is 16.8. The number of methoxy groups -OCH3 is 1. The number of carbonyl (C=O) groups excluding carboxylic acids is 3. The third kappa shape index (κ3) is 4.99. The fourth-order valence-corrected chi connectivity index (χ4v) is 3.06. The van der Waals surface area contributed by atoms with Gasteiger partial charge in [0.15, 0.2) is 6.10 Å². The van der Waals surface area contributed by atoms with Crippen molar-refractivity contribution in [2.75, 3.05) is 12.9 Å². The van der Waals surface area contributed by atoms with Gasteiger partial charge in [0, 0.05) is 4.90 Å². The van der Waals surface area contributed by atoms with E-state index in [4.69, 9.17) is 4.74 Å². The molecule has 1 aromatic carbocycles. The van der Waals surface area contributed by atoms with Gasteiger partial charge in [-0.15, -0.1) is 11.8 Å². The minimum Gasteiger partial charge on any atom is -0.453 e. The maximum absolute atomic E-state index is 11.8. The van der Waals surface area contributed by atoms with Crippen molar-refractivity contribution in [2.45, 2.75) is 37.2 Å². The van der Waals surface area contributed by atoms with E-state index in [1.807, 2.05) is 11.4 Å². The van der Waals surface area contributed by atoms with Gasteiger partial charge < -0.3 is 9.47 Å². The van der Waals surface area contributed by atoms with E-state index in [0.717, 1.165) is 24.8 Å². The van der Waals surface area contributed by atoms with Crippen LogP contribution in [0.15, 0.2) is 23.1 Å². The molecule has 0 fully saturated rings. The Labute approximate surface area is 138 Å². The number of imide groups is 1. The summed E-state index contributed by atoms with van der Waals surface area (Å²) >= 11 is 1.37. The third-order valence-corrected chi connectivity index (χ3v) is 4.48. The fraction of sp³-hybridized carbons (Fsp3) is 0.438. The number of hydrogen-bond donors (Lipinski definition) is 1.